The van der Waals surface area contributed by atoms with Gasteiger partial charge in [-0.3, -0.25) is 9.78 Å². The number of pyridine rings is 1. The number of hydrogen-bond acceptors (Lipinski definition) is 4. The van der Waals surface area contributed by atoms with E-state index in [1.54, 1.807) is 6.20 Å². The quantitative estimate of drug-likeness (QED) is 0.515. The van der Waals surface area contributed by atoms with Crippen molar-refractivity contribution < 1.29 is 4.79 Å². The van der Waals surface area contributed by atoms with Crippen LogP contribution in [-0.4, -0.2) is 26.2 Å². The minimum atomic E-state index is -0.0521. The lowest BCUT2D eigenvalue weighted by Crippen LogP contribution is -2.15. The molecule has 4 rings (SSSR count). The van der Waals surface area contributed by atoms with Crippen LogP contribution in [0.5, 0.6) is 0 Å². The van der Waals surface area contributed by atoms with E-state index in [-0.39, 0.29) is 5.91 Å². The fourth-order valence-corrected chi connectivity index (χ4v) is 4.09. The summed E-state index contributed by atoms with van der Waals surface area (Å²) < 4.78 is 2.14. The molecule has 6 heteroatoms. The van der Waals surface area contributed by atoms with Gasteiger partial charge in [-0.15, -0.1) is 0 Å². The molecule has 5 nitrogen and oxygen atoms in total. The molecule has 136 valence electrons. The van der Waals surface area contributed by atoms with Crippen LogP contribution in [0.15, 0.2) is 59.9 Å². The number of amides is 1. The first-order valence-electron chi connectivity index (χ1n) is 8.89. The van der Waals surface area contributed by atoms with Crippen molar-refractivity contribution in [2.24, 2.45) is 0 Å². The fourth-order valence-electron chi connectivity index (χ4n) is 3.21. The Morgan fingerprint density at radius 1 is 1.15 bits per heavy atom. The largest absolute Gasteiger partial charge is 0.325 e. The van der Waals surface area contributed by atoms with Crippen LogP contribution in [0.3, 0.4) is 0 Å². The summed E-state index contributed by atoms with van der Waals surface area (Å²) in [6.45, 7) is 4.93. The van der Waals surface area contributed by atoms with E-state index in [1.165, 1.54) is 11.8 Å². The van der Waals surface area contributed by atoms with Crippen molar-refractivity contribution in [1.82, 2.24) is 14.5 Å². The van der Waals surface area contributed by atoms with Gasteiger partial charge < -0.3 is 9.88 Å². The van der Waals surface area contributed by atoms with Crippen molar-refractivity contribution in [3.05, 3.63) is 60.3 Å². The lowest BCUT2D eigenvalue weighted by molar-refractivity contribution is -0.113. The summed E-state index contributed by atoms with van der Waals surface area (Å²) in [5.41, 5.74) is 4.85. The monoisotopic (exact) mass is 376 g/mol. The number of hydrogen-bond donors (Lipinski definition) is 1. The van der Waals surface area contributed by atoms with Gasteiger partial charge in [0.05, 0.1) is 28.0 Å². The lowest BCUT2D eigenvalue weighted by atomic mass is 10.1. The smallest absolute Gasteiger partial charge is 0.234 e. The van der Waals surface area contributed by atoms with Crippen LogP contribution >= 0.6 is 11.8 Å². The molecule has 0 saturated heterocycles. The summed E-state index contributed by atoms with van der Waals surface area (Å²) in [6.07, 6.45) is 1.77. The van der Waals surface area contributed by atoms with Gasteiger partial charge in [-0.2, -0.15) is 0 Å². The van der Waals surface area contributed by atoms with Crippen molar-refractivity contribution in [2.45, 2.75) is 25.5 Å². The summed E-state index contributed by atoms with van der Waals surface area (Å²) >= 11 is 1.46. The summed E-state index contributed by atoms with van der Waals surface area (Å²) in [7, 11) is 0. The highest BCUT2D eigenvalue weighted by atomic mass is 32.2. The van der Waals surface area contributed by atoms with Crippen LogP contribution in [0.2, 0.25) is 0 Å². The van der Waals surface area contributed by atoms with Crippen LogP contribution in [0.1, 0.15) is 12.5 Å². The van der Waals surface area contributed by atoms with Crippen molar-refractivity contribution in [2.75, 3.05) is 11.1 Å². The number of carbonyl (C=O) groups excluding carboxylic acids is 1. The number of thioether (sulfide) groups is 1. The third-order valence-corrected chi connectivity index (χ3v) is 5.49. The van der Waals surface area contributed by atoms with Crippen LogP contribution in [0, 0.1) is 6.92 Å². The van der Waals surface area contributed by atoms with Crippen molar-refractivity contribution in [3.8, 4) is 0 Å². The summed E-state index contributed by atoms with van der Waals surface area (Å²) in [6, 6.07) is 15.8. The summed E-state index contributed by atoms with van der Waals surface area (Å²) in [5.74, 6) is 0.252. The number of imidazole rings is 1. The second-order valence-corrected chi connectivity index (χ2v) is 7.24. The molecule has 4 aromatic rings. The zero-order chi connectivity index (χ0) is 18.8. The highest BCUT2D eigenvalue weighted by molar-refractivity contribution is 7.99. The average Bonchev–Trinajstić information content (AvgIpc) is 3.06. The zero-order valence-corrected chi connectivity index (χ0v) is 16.1. The number of nitrogens with one attached hydrogen (secondary N) is 1. The molecule has 2 heterocycles. The molecule has 2 aromatic heterocycles. The third-order valence-electron chi connectivity index (χ3n) is 4.51. The topological polar surface area (TPSA) is 59.8 Å². The molecule has 1 N–H and O–H groups in total. The molecule has 0 saturated carbocycles. The molecule has 0 aliphatic rings. The SMILES string of the molecule is CCn1c(SCC(=O)Nc2ccc(C)c3ncccc23)nc2ccccc21. The molecule has 0 radical (unpaired) electrons. The second kappa shape index (κ2) is 7.40. The predicted molar refractivity (Wildman–Crippen MR) is 111 cm³/mol. The minimum absolute atomic E-state index is 0.0521. The molecule has 0 spiro atoms. The van der Waals surface area contributed by atoms with E-state index in [1.807, 2.05) is 49.4 Å². The van der Waals surface area contributed by atoms with Gasteiger partial charge in [-0.1, -0.05) is 30.0 Å². The number of nitrogens with zero attached hydrogens (tertiary/aromatic N) is 3. The van der Waals surface area contributed by atoms with Crippen LogP contribution in [-0.2, 0) is 11.3 Å². The Morgan fingerprint density at radius 2 is 2.00 bits per heavy atom. The normalized spacial score (nSPS) is 11.2. The third kappa shape index (κ3) is 3.40. The average molecular weight is 376 g/mol. The summed E-state index contributed by atoms with van der Waals surface area (Å²) in [5, 5.41) is 4.84. The highest BCUT2D eigenvalue weighted by Crippen LogP contribution is 2.26. The van der Waals surface area contributed by atoms with Crippen LogP contribution < -0.4 is 5.32 Å². The number of carbonyl (C=O) groups is 1. The molecule has 0 aliphatic heterocycles. The number of anilines is 1. The Morgan fingerprint density at radius 3 is 2.85 bits per heavy atom. The molecule has 0 bridgehead atoms. The van der Waals surface area contributed by atoms with Crippen molar-refractivity contribution in [1.29, 1.82) is 0 Å². The highest BCUT2D eigenvalue weighted by Gasteiger charge is 2.13. The fraction of sp³-hybridized carbons (Fsp3) is 0.190. The molecule has 0 fully saturated rings. The Bertz CT molecular complexity index is 1140. The van der Waals surface area contributed by atoms with Gasteiger partial charge in [0.15, 0.2) is 5.16 Å². The molecular formula is C21H20N4OS. The molecule has 1 amide bonds. The number of rotatable bonds is 5. The molecule has 2 aromatic carbocycles. The number of para-hydroxylation sites is 2. The molecule has 27 heavy (non-hydrogen) atoms. The van der Waals surface area contributed by atoms with Gasteiger partial charge in [-0.05, 0) is 49.7 Å². The van der Waals surface area contributed by atoms with Gasteiger partial charge in [0.2, 0.25) is 5.91 Å². The first-order valence-corrected chi connectivity index (χ1v) is 9.88. The number of aromatic nitrogens is 3. The maximum Gasteiger partial charge on any atom is 0.234 e. The van der Waals surface area contributed by atoms with Crippen LogP contribution in [0.4, 0.5) is 5.69 Å². The van der Waals surface area contributed by atoms with E-state index in [0.29, 0.717) is 5.75 Å². The Balaban J connectivity index is 1.52. The van der Waals surface area contributed by atoms with Gasteiger partial charge in [-0.25, -0.2) is 4.98 Å². The second-order valence-electron chi connectivity index (χ2n) is 6.29. The first-order chi connectivity index (χ1) is 13.2. The van der Waals surface area contributed by atoms with Crippen molar-refractivity contribution >= 4 is 45.3 Å². The lowest BCUT2D eigenvalue weighted by Gasteiger charge is -2.10. The number of benzene rings is 2. The molecule has 0 unspecified atom stereocenters. The van der Waals surface area contributed by atoms with Gasteiger partial charge in [0.25, 0.3) is 0 Å². The summed E-state index contributed by atoms with van der Waals surface area (Å²) in [4.78, 5) is 21.6. The zero-order valence-electron chi connectivity index (χ0n) is 15.3. The molecule has 0 aliphatic carbocycles. The Hall–Kier alpha value is -2.86. The standard InChI is InChI=1S/C21H20N4OS/c1-3-25-18-9-5-4-8-17(18)24-21(25)27-13-19(26)23-16-11-10-14(2)20-15(16)7-6-12-22-20/h4-12H,3,13H2,1-2H3,(H,23,26). The van der Waals surface area contributed by atoms with Gasteiger partial charge in [0.1, 0.15) is 0 Å². The predicted octanol–water partition coefficient (Wildman–Crippen LogP) is 4.64. The van der Waals surface area contributed by atoms with Crippen molar-refractivity contribution in [3.63, 3.8) is 0 Å². The van der Waals surface area contributed by atoms with Gasteiger partial charge >= 0.3 is 0 Å². The van der Waals surface area contributed by atoms with E-state index >= 15 is 0 Å². The number of aryl methyl sites for hydroxylation is 2. The first kappa shape index (κ1) is 17.5. The van der Waals surface area contributed by atoms with E-state index < -0.39 is 0 Å². The maximum absolute atomic E-state index is 12.5. The van der Waals surface area contributed by atoms with Gasteiger partial charge in [0, 0.05) is 18.1 Å². The van der Waals surface area contributed by atoms with E-state index in [4.69, 9.17) is 0 Å². The number of fused-ring (bicyclic) bond motifs is 2. The molecule has 0 atom stereocenters. The molecular weight excluding hydrogens is 356 g/mol. The van der Waals surface area contributed by atoms with E-state index in [0.717, 1.165) is 44.9 Å². The Kier molecular flexibility index (Phi) is 4.81. The maximum atomic E-state index is 12.5. The minimum Gasteiger partial charge on any atom is -0.325 e. The van der Waals surface area contributed by atoms with E-state index in [2.05, 4.69) is 32.8 Å². The Labute approximate surface area is 161 Å². The van der Waals surface area contributed by atoms with E-state index in [9.17, 15) is 4.79 Å². The van der Waals surface area contributed by atoms with Crippen LogP contribution in [0.25, 0.3) is 21.9 Å².